The van der Waals surface area contributed by atoms with Crippen LogP contribution in [-0.2, 0) is 0 Å². The lowest BCUT2D eigenvalue weighted by Crippen LogP contribution is -2.13. The van der Waals surface area contributed by atoms with E-state index in [1.54, 1.807) is 6.07 Å². The molecule has 20 heavy (non-hydrogen) atoms. The third kappa shape index (κ3) is 3.21. The molecule has 1 aromatic rings. The Hall–Kier alpha value is -2.22. The Morgan fingerprint density at radius 2 is 2.15 bits per heavy atom. The molecule has 1 saturated carbocycles. The first-order valence-corrected chi connectivity index (χ1v) is 6.60. The standard InChI is InChI=1S/C15H17NO4/c1-2-19-13-9-11(14(17)18)3-4-12(13)20-10-15(5-6-15)7-8-16/h3-4,9H,2,5-7,10H2,1H3,(H,17,18). The minimum absolute atomic E-state index is 0.0241. The molecule has 1 aliphatic rings. The second-order valence-electron chi connectivity index (χ2n) is 5.02. The van der Waals surface area contributed by atoms with Gasteiger partial charge in [0.2, 0.25) is 0 Å². The van der Waals surface area contributed by atoms with E-state index in [2.05, 4.69) is 6.07 Å². The molecule has 0 saturated heterocycles. The van der Waals surface area contributed by atoms with E-state index in [1.165, 1.54) is 12.1 Å². The van der Waals surface area contributed by atoms with Crippen molar-refractivity contribution in [1.82, 2.24) is 0 Å². The Kier molecular flexibility index (Phi) is 4.14. The summed E-state index contributed by atoms with van der Waals surface area (Å²) in [5.74, 6) is -0.0399. The van der Waals surface area contributed by atoms with Crippen molar-refractivity contribution in [2.45, 2.75) is 26.2 Å². The number of nitrogens with zero attached hydrogens (tertiary/aromatic N) is 1. The first-order chi connectivity index (χ1) is 9.60. The largest absolute Gasteiger partial charge is 0.490 e. The van der Waals surface area contributed by atoms with Gasteiger partial charge in [0.25, 0.3) is 0 Å². The number of ether oxygens (including phenoxy) is 2. The zero-order valence-electron chi connectivity index (χ0n) is 11.4. The lowest BCUT2D eigenvalue weighted by Gasteiger charge is -2.16. The lowest BCUT2D eigenvalue weighted by molar-refractivity contribution is 0.0696. The molecule has 0 aromatic heterocycles. The van der Waals surface area contributed by atoms with E-state index in [9.17, 15) is 4.79 Å². The van der Waals surface area contributed by atoms with Crippen molar-refractivity contribution in [2.75, 3.05) is 13.2 Å². The van der Waals surface area contributed by atoms with Crippen molar-refractivity contribution >= 4 is 5.97 Å². The van der Waals surface area contributed by atoms with E-state index in [-0.39, 0.29) is 11.0 Å². The second-order valence-corrected chi connectivity index (χ2v) is 5.02. The number of benzene rings is 1. The number of carboxylic acids is 1. The second kappa shape index (κ2) is 5.83. The predicted octanol–water partition coefficient (Wildman–Crippen LogP) is 2.86. The third-order valence-electron chi connectivity index (χ3n) is 3.44. The molecule has 0 heterocycles. The number of carbonyl (C=O) groups is 1. The summed E-state index contributed by atoms with van der Waals surface area (Å²) in [5, 5.41) is 17.8. The van der Waals surface area contributed by atoms with Crippen LogP contribution in [0.25, 0.3) is 0 Å². The maximum Gasteiger partial charge on any atom is 0.335 e. The molecule has 2 rings (SSSR count). The maximum absolute atomic E-state index is 10.9. The van der Waals surface area contributed by atoms with Crippen LogP contribution in [0, 0.1) is 16.7 Å². The van der Waals surface area contributed by atoms with Crippen molar-refractivity contribution < 1.29 is 19.4 Å². The molecule has 1 aliphatic carbocycles. The highest BCUT2D eigenvalue weighted by atomic mass is 16.5. The molecule has 0 amide bonds. The van der Waals surface area contributed by atoms with Crippen LogP contribution in [0.5, 0.6) is 11.5 Å². The summed E-state index contributed by atoms with van der Waals surface area (Å²) in [4.78, 5) is 10.9. The van der Waals surface area contributed by atoms with Gasteiger partial charge in [-0.15, -0.1) is 0 Å². The van der Waals surface area contributed by atoms with Gasteiger partial charge in [0.05, 0.1) is 24.8 Å². The van der Waals surface area contributed by atoms with Gasteiger partial charge in [-0.2, -0.15) is 5.26 Å². The molecule has 0 unspecified atom stereocenters. The van der Waals surface area contributed by atoms with Gasteiger partial charge in [0.15, 0.2) is 11.5 Å². The van der Waals surface area contributed by atoms with Gasteiger partial charge in [-0.3, -0.25) is 0 Å². The zero-order chi connectivity index (χ0) is 14.6. The van der Waals surface area contributed by atoms with E-state index >= 15 is 0 Å². The number of aromatic carboxylic acids is 1. The normalized spacial score (nSPS) is 15.2. The Balaban J connectivity index is 2.10. The molecular formula is C15H17NO4. The molecule has 0 radical (unpaired) electrons. The van der Waals surface area contributed by atoms with Crippen LogP contribution in [-0.4, -0.2) is 24.3 Å². The summed E-state index contributed by atoms with van der Waals surface area (Å²) in [5.41, 5.74) is 0.142. The summed E-state index contributed by atoms with van der Waals surface area (Å²) in [6.45, 7) is 2.73. The van der Waals surface area contributed by atoms with E-state index in [4.69, 9.17) is 19.8 Å². The molecule has 1 fully saturated rings. The average molecular weight is 275 g/mol. The van der Waals surface area contributed by atoms with Gasteiger partial charge in [0, 0.05) is 11.8 Å². The molecule has 5 nitrogen and oxygen atoms in total. The predicted molar refractivity (Wildman–Crippen MR) is 72.0 cm³/mol. The quantitative estimate of drug-likeness (QED) is 0.827. The van der Waals surface area contributed by atoms with Crippen LogP contribution < -0.4 is 9.47 Å². The number of hydrogen-bond donors (Lipinski definition) is 1. The van der Waals surface area contributed by atoms with E-state index in [0.29, 0.717) is 31.1 Å². The Labute approximate surface area is 117 Å². The molecule has 106 valence electrons. The molecule has 0 atom stereocenters. The fourth-order valence-corrected chi connectivity index (χ4v) is 1.98. The zero-order valence-corrected chi connectivity index (χ0v) is 11.4. The summed E-state index contributed by atoms with van der Waals surface area (Å²) in [6.07, 6.45) is 2.49. The smallest absolute Gasteiger partial charge is 0.335 e. The van der Waals surface area contributed by atoms with E-state index in [1.807, 2.05) is 6.92 Å². The van der Waals surface area contributed by atoms with Gasteiger partial charge in [-0.1, -0.05) is 0 Å². The molecule has 5 heteroatoms. The highest BCUT2D eigenvalue weighted by Crippen LogP contribution is 2.49. The van der Waals surface area contributed by atoms with Crippen LogP contribution in [0.3, 0.4) is 0 Å². The van der Waals surface area contributed by atoms with E-state index < -0.39 is 5.97 Å². The van der Waals surface area contributed by atoms with Gasteiger partial charge < -0.3 is 14.6 Å². The minimum Gasteiger partial charge on any atom is -0.490 e. The molecule has 0 spiro atoms. The van der Waals surface area contributed by atoms with Crippen LogP contribution in [0.2, 0.25) is 0 Å². The van der Waals surface area contributed by atoms with Crippen molar-refractivity contribution in [3.05, 3.63) is 23.8 Å². The SMILES string of the molecule is CCOc1cc(C(=O)O)ccc1OCC1(CC#N)CC1. The number of nitriles is 1. The Morgan fingerprint density at radius 3 is 2.70 bits per heavy atom. The van der Waals surface area contributed by atoms with Crippen LogP contribution in [0.15, 0.2) is 18.2 Å². The first kappa shape index (κ1) is 14.2. The minimum atomic E-state index is -0.999. The van der Waals surface area contributed by atoms with Crippen LogP contribution in [0.4, 0.5) is 0 Å². The third-order valence-corrected chi connectivity index (χ3v) is 3.44. The number of rotatable bonds is 7. The molecular weight excluding hydrogens is 258 g/mol. The highest BCUT2D eigenvalue weighted by molar-refractivity contribution is 5.88. The summed E-state index contributed by atoms with van der Waals surface area (Å²) >= 11 is 0. The Bertz CT molecular complexity index is 543. The fraction of sp³-hybridized carbons (Fsp3) is 0.467. The monoisotopic (exact) mass is 275 g/mol. The van der Waals surface area contributed by atoms with Crippen molar-refractivity contribution in [2.24, 2.45) is 5.41 Å². The molecule has 1 N–H and O–H groups in total. The van der Waals surface area contributed by atoms with Gasteiger partial charge in [-0.25, -0.2) is 4.79 Å². The maximum atomic E-state index is 10.9. The number of hydrogen-bond acceptors (Lipinski definition) is 4. The van der Waals surface area contributed by atoms with Crippen molar-refractivity contribution in [3.63, 3.8) is 0 Å². The average Bonchev–Trinajstić information content (AvgIpc) is 3.18. The Morgan fingerprint density at radius 1 is 1.40 bits per heavy atom. The summed E-state index contributed by atoms with van der Waals surface area (Å²) in [7, 11) is 0. The molecule has 1 aromatic carbocycles. The topological polar surface area (TPSA) is 79.6 Å². The van der Waals surface area contributed by atoms with Gasteiger partial charge >= 0.3 is 5.97 Å². The molecule has 0 bridgehead atoms. The summed E-state index contributed by atoms with van der Waals surface area (Å²) < 4.78 is 11.2. The van der Waals surface area contributed by atoms with Crippen molar-refractivity contribution in [1.29, 1.82) is 5.26 Å². The van der Waals surface area contributed by atoms with Crippen LogP contribution >= 0.6 is 0 Å². The van der Waals surface area contributed by atoms with Crippen LogP contribution in [0.1, 0.15) is 36.5 Å². The van der Waals surface area contributed by atoms with Gasteiger partial charge in [-0.05, 0) is 38.0 Å². The molecule has 0 aliphatic heterocycles. The van der Waals surface area contributed by atoms with E-state index in [0.717, 1.165) is 12.8 Å². The lowest BCUT2D eigenvalue weighted by atomic mass is 10.1. The van der Waals surface area contributed by atoms with Gasteiger partial charge in [0.1, 0.15) is 0 Å². The first-order valence-electron chi connectivity index (χ1n) is 6.60. The summed E-state index contributed by atoms with van der Waals surface area (Å²) in [6, 6.07) is 6.74. The number of carboxylic acid groups (broad SMARTS) is 1. The van der Waals surface area contributed by atoms with Crippen molar-refractivity contribution in [3.8, 4) is 17.6 Å². The highest BCUT2D eigenvalue weighted by Gasteiger charge is 2.43. The fourth-order valence-electron chi connectivity index (χ4n) is 1.98.